The van der Waals surface area contributed by atoms with Gasteiger partial charge in [0.25, 0.3) is 5.91 Å². The summed E-state index contributed by atoms with van der Waals surface area (Å²) >= 11 is 0. The molecule has 1 rings (SSSR count). The number of carbonyl (C=O) groups excluding carboxylic acids is 1. The van der Waals surface area contributed by atoms with Crippen LogP contribution in [0.3, 0.4) is 0 Å². The predicted octanol–water partition coefficient (Wildman–Crippen LogP) is -1.26. The Morgan fingerprint density at radius 2 is 1.93 bits per heavy atom. The van der Waals surface area contributed by atoms with Crippen LogP contribution in [0.15, 0.2) is 12.1 Å². The fourth-order valence-corrected chi connectivity index (χ4v) is 0.996. The molecule has 0 saturated heterocycles. The summed E-state index contributed by atoms with van der Waals surface area (Å²) in [5.74, 6) is -3.61. The molecular weight excluding hydrogens is 195 g/mol. The highest BCUT2D eigenvalue weighted by molar-refractivity contribution is 6.58. The van der Waals surface area contributed by atoms with Gasteiger partial charge in [0.05, 0.1) is 11.0 Å². The van der Waals surface area contributed by atoms with E-state index in [1.807, 2.05) is 0 Å². The van der Waals surface area contributed by atoms with Crippen LogP contribution in [0.1, 0.15) is 10.4 Å². The second kappa shape index (κ2) is 3.73. The minimum atomic E-state index is -2.32. The summed E-state index contributed by atoms with van der Waals surface area (Å²) in [5.41, 5.74) is 3.20. The summed E-state index contributed by atoms with van der Waals surface area (Å²) in [6.07, 6.45) is 0. The molecular formula is C7H6BF2NO3. The summed E-state index contributed by atoms with van der Waals surface area (Å²) in [6, 6.07) is 1.57. The van der Waals surface area contributed by atoms with E-state index in [0.29, 0.717) is 0 Å². The highest BCUT2D eigenvalue weighted by Crippen LogP contribution is 2.07. The minimum Gasteiger partial charge on any atom is -0.423 e. The molecule has 14 heavy (non-hydrogen) atoms. The summed E-state index contributed by atoms with van der Waals surface area (Å²) in [4.78, 5) is 10.6. The standard InChI is InChI=1S/C7H6BF2NO3/c9-4-2-1-3(7(11)12)6(10)5(4)8(13)14/h1-2,13-14H,(H2,11,12). The molecule has 0 saturated carbocycles. The molecule has 0 aromatic heterocycles. The lowest BCUT2D eigenvalue weighted by molar-refractivity contribution is 0.0996. The van der Waals surface area contributed by atoms with Gasteiger partial charge in [-0.25, -0.2) is 8.78 Å². The molecule has 0 aliphatic carbocycles. The van der Waals surface area contributed by atoms with Gasteiger partial charge in [0, 0.05) is 0 Å². The van der Waals surface area contributed by atoms with Crippen LogP contribution in [0, 0.1) is 11.6 Å². The number of primary amides is 1. The van der Waals surface area contributed by atoms with Crippen molar-refractivity contribution < 1.29 is 23.6 Å². The molecule has 4 N–H and O–H groups in total. The lowest BCUT2D eigenvalue weighted by atomic mass is 9.78. The molecule has 0 spiro atoms. The van der Waals surface area contributed by atoms with E-state index in [1.165, 1.54) is 0 Å². The molecule has 1 amide bonds. The molecule has 74 valence electrons. The Morgan fingerprint density at radius 3 is 2.36 bits per heavy atom. The lowest BCUT2D eigenvalue weighted by Crippen LogP contribution is -2.37. The van der Waals surface area contributed by atoms with E-state index in [9.17, 15) is 13.6 Å². The van der Waals surface area contributed by atoms with Crippen molar-refractivity contribution in [3.05, 3.63) is 29.3 Å². The molecule has 0 heterocycles. The van der Waals surface area contributed by atoms with E-state index >= 15 is 0 Å². The third-order valence-electron chi connectivity index (χ3n) is 1.65. The maximum Gasteiger partial charge on any atom is 0.494 e. The molecule has 7 heteroatoms. The van der Waals surface area contributed by atoms with Crippen LogP contribution >= 0.6 is 0 Å². The van der Waals surface area contributed by atoms with Crippen LogP contribution in [0.4, 0.5) is 8.78 Å². The summed E-state index contributed by atoms with van der Waals surface area (Å²) in [5, 5.41) is 17.2. The van der Waals surface area contributed by atoms with Crippen LogP contribution in [0.25, 0.3) is 0 Å². The Bertz CT molecular complexity index is 383. The van der Waals surface area contributed by atoms with E-state index in [4.69, 9.17) is 15.8 Å². The zero-order chi connectivity index (χ0) is 10.9. The molecule has 0 bridgehead atoms. The van der Waals surface area contributed by atoms with Crippen LogP contribution < -0.4 is 11.2 Å². The Balaban J connectivity index is 3.41. The topological polar surface area (TPSA) is 83.6 Å². The van der Waals surface area contributed by atoms with Crippen molar-refractivity contribution >= 4 is 18.5 Å². The monoisotopic (exact) mass is 201 g/mol. The molecule has 0 unspecified atom stereocenters. The number of benzene rings is 1. The number of rotatable bonds is 2. The Labute approximate surface area is 78.1 Å². The maximum atomic E-state index is 13.2. The average Bonchev–Trinajstić information content (AvgIpc) is 2.02. The number of hydrogen-bond donors (Lipinski definition) is 3. The highest BCUT2D eigenvalue weighted by atomic mass is 19.1. The second-order valence-electron chi connectivity index (χ2n) is 2.56. The number of carbonyl (C=O) groups is 1. The summed E-state index contributed by atoms with van der Waals surface area (Å²) in [6.45, 7) is 0. The quantitative estimate of drug-likeness (QED) is 0.522. The average molecular weight is 201 g/mol. The SMILES string of the molecule is NC(=O)c1ccc(F)c(B(O)O)c1F. The van der Waals surface area contributed by atoms with Crippen molar-refractivity contribution in [3.8, 4) is 0 Å². The largest absolute Gasteiger partial charge is 0.494 e. The van der Waals surface area contributed by atoms with Crippen molar-refractivity contribution in [2.75, 3.05) is 0 Å². The third-order valence-corrected chi connectivity index (χ3v) is 1.65. The van der Waals surface area contributed by atoms with Crippen molar-refractivity contribution in [3.63, 3.8) is 0 Å². The minimum absolute atomic E-state index is 0.588. The Kier molecular flexibility index (Phi) is 2.83. The van der Waals surface area contributed by atoms with E-state index in [2.05, 4.69) is 0 Å². The molecule has 0 fully saturated rings. The van der Waals surface area contributed by atoms with E-state index < -0.39 is 35.7 Å². The van der Waals surface area contributed by atoms with Gasteiger partial charge < -0.3 is 15.8 Å². The first-order valence-corrected chi connectivity index (χ1v) is 3.59. The first-order valence-electron chi connectivity index (χ1n) is 3.59. The summed E-state index contributed by atoms with van der Waals surface area (Å²) < 4.78 is 26.0. The first kappa shape index (κ1) is 10.6. The number of hydrogen-bond acceptors (Lipinski definition) is 3. The predicted molar refractivity (Wildman–Crippen MR) is 44.7 cm³/mol. The third kappa shape index (κ3) is 1.73. The molecule has 1 aromatic rings. The fraction of sp³-hybridized carbons (Fsp3) is 0. The smallest absolute Gasteiger partial charge is 0.423 e. The molecule has 4 nitrogen and oxygen atoms in total. The summed E-state index contributed by atoms with van der Waals surface area (Å²) in [7, 11) is -2.32. The van der Waals surface area contributed by atoms with Crippen molar-refractivity contribution in [1.29, 1.82) is 0 Å². The van der Waals surface area contributed by atoms with Gasteiger partial charge in [-0.3, -0.25) is 4.79 Å². The van der Waals surface area contributed by atoms with Crippen LogP contribution in [0.5, 0.6) is 0 Å². The van der Waals surface area contributed by atoms with Crippen molar-refractivity contribution in [1.82, 2.24) is 0 Å². The van der Waals surface area contributed by atoms with Crippen LogP contribution in [-0.2, 0) is 0 Å². The van der Waals surface area contributed by atoms with E-state index in [0.717, 1.165) is 12.1 Å². The molecule has 0 radical (unpaired) electrons. The van der Waals surface area contributed by atoms with Gasteiger partial charge in [-0.2, -0.15) is 0 Å². The number of amides is 1. The van der Waals surface area contributed by atoms with Gasteiger partial charge >= 0.3 is 7.12 Å². The second-order valence-corrected chi connectivity index (χ2v) is 2.56. The van der Waals surface area contributed by atoms with Crippen LogP contribution in [0.2, 0.25) is 0 Å². The van der Waals surface area contributed by atoms with E-state index in [-0.39, 0.29) is 0 Å². The number of nitrogens with two attached hydrogens (primary N) is 1. The van der Waals surface area contributed by atoms with Gasteiger partial charge in [0.15, 0.2) is 0 Å². The first-order chi connectivity index (χ1) is 6.45. The van der Waals surface area contributed by atoms with Crippen molar-refractivity contribution in [2.24, 2.45) is 5.73 Å². The van der Waals surface area contributed by atoms with Gasteiger partial charge in [0.1, 0.15) is 11.6 Å². The normalized spacial score (nSPS) is 10.0. The van der Waals surface area contributed by atoms with Crippen molar-refractivity contribution in [2.45, 2.75) is 0 Å². The molecule has 0 aliphatic rings. The van der Waals surface area contributed by atoms with Gasteiger partial charge in [-0.05, 0) is 12.1 Å². The molecule has 0 aliphatic heterocycles. The van der Waals surface area contributed by atoms with Gasteiger partial charge in [-0.15, -0.1) is 0 Å². The highest BCUT2D eigenvalue weighted by Gasteiger charge is 2.25. The van der Waals surface area contributed by atoms with Crippen LogP contribution in [-0.4, -0.2) is 23.1 Å². The van der Waals surface area contributed by atoms with E-state index in [1.54, 1.807) is 0 Å². The zero-order valence-electron chi connectivity index (χ0n) is 6.87. The zero-order valence-corrected chi connectivity index (χ0v) is 6.87. The van der Waals surface area contributed by atoms with Gasteiger partial charge in [0.2, 0.25) is 0 Å². The van der Waals surface area contributed by atoms with Gasteiger partial charge in [-0.1, -0.05) is 0 Å². The molecule has 1 aromatic carbocycles. The number of halogens is 2. The maximum absolute atomic E-state index is 13.2. The molecule has 0 atom stereocenters. The lowest BCUT2D eigenvalue weighted by Gasteiger charge is -2.05. The Hall–Kier alpha value is -1.47. The fourth-order valence-electron chi connectivity index (χ4n) is 0.996. The Morgan fingerprint density at radius 1 is 1.36 bits per heavy atom.